The zero-order chi connectivity index (χ0) is 17.9. The predicted molar refractivity (Wildman–Crippen MR) is 92.8 cm³/mol. The minimum absolute atomic E-state index is 0.00694. The molecule has 25 heavy (non-hydrogen) atoms. The largest absolute Gasteiger partial charge is 0.376 e. The summed E-state index contributed by atoms with van der Waals surface area (Å²) in [5.74, 6) is -0.657. The first-order valence-electron chi connectivity index (χ1n) is 8.87. The average Bonchev–Trinajstić information content (AvgIpc) is 3.12. The second kappa shape index (κ2) is 7.85. The van der Waals surface area contributed by atoms with Crippen molar-refractivity contribution in [2.24, 2.45) is 0 Å². The van der Waals surface area contributed by atoms with Gasteiger partial charge < -0.3 is 9.47 Å². The molecule has 1 aliphatic heterocycles. The molecule has 0 radical (unpaired) electrons. The summed E-state index contributed by atoms with van der Waals surface area (Å²) < 4.78 is 38.0. The van der Waals surface area contributed by atoms with Crippen LogP contribution in [0.15, 0.2) is 23.1 Å². The van der Waals surface area contributed by atoms with Gasteiger partial charge in [-0.05, 0) is 68.7 Å². The Bertz CT molecular complexity index is 725. The third-order valence-electron chi connectivity index (χ3n) is 4.79. The number of hydrogen-bond donors (Lipinski definition) is 1. The second-order valence-corrected chi connectivity index (χ2v) is 8.40. The fourth-order valence-corrected chi connectivity index (χ4v) is 4.35. The van der Waals surface area contributed by atoms with E-state index in [1.165, 1.54) is 5.56 Å². The number of fused-ring (bicyclic) bond motifs is 1. The van der Waals surface area contributed by atoms with Gasteiger partial charge in [-0.2, -0.15) is 0 Å². The predicted octanol–water partition coefficient (Wildman–Crippen LogP) is 1.95. The zero-order valence-electron chi connectivity index (χ0n) is 14.5. The molecule has 0 aromatic heterocycles. The lowest BCUT2D eigenvalue weighted by Crippen LogP contribution is -2.39. The van der Waals surface area contributed by atoms with E-state index in [0.29, 0.717) is 13.2 Å². The summed E-state index contributed by atoms with van der Waals surface area (Å²) >= 11 is 0. The molecule has 7 heteroatoms. The lowest BCUT2D eigenvalue weighted by Gasteiger charge is -2.18. The van der Waals surface area contributed by atoms with E-state index in [9.17, 15) is 13.2 Å². The van der Waals surface area contributed by atoms with Gasteiger partial charge in [0.1, 0.15) is 6.10 Å². The summed E-state index contributed by atoms with van der Waals surface area (Å²) in [6.45, 7) is 2.56. The molecule has 1 saturated heterocycles. The molecule has 3 rings (SSSR count). The lowest BCUT2D eigenvalue weighted by molar-refractivity contribution is -0.131. The van der Waals surface area contributed by atoms with Crippen molar-refractivity contribution in [3.63, 3.8) is 0 Å². The third-order valence-corrected chi connectivity index (χ3v) is 6.14. The first kappa shape index (κ1) is 18.4. The molecular formula is C18H25NO5S. The molecule has 138 valence electrons. The number of carbonyl (C=O) groups is 1. The van der Waals surface area contributed by atoms with Crippen molar-refractivity contribution in [3.05, 3.63) is 29.3 Å². The third kappa shape index (κ3) is 4.59. The molecule has 1 aliphatic carbocycles. The van der Waals surface area contributed by atoms with E-state index in [-0.39, 0.29) is 11.0 Å². The van der Waals surface area contributed by atoms with E-state index in [1.54, 1.807) is 19.1 Å². The maximum atomic E-state index is 12.5. The van der Waals surface area contributed by atoms with Crippen molar-refractivity contribution >= 4 is 15.9 Å². The van der Waals surface area contributed by atoms with Gasteiger partial charge in [0.2, 0.25) is 0 Å². The number of amides is 1. The minimum Gasteiger partial charge on any atom is -0.376 e. The first-order chi connectivity index (χ1) is 12.0. The number of ether oxygens (including phenoxy) is 2. The molecule has 1 aromatic rings. The van der Waals surface area contributed by atoms with Crippen LogP contribution in [-0.4, -0.2) is 39.7 Å². The van der Waals surface area contributed by atoms with Crippen LogP contribution in [0.25, 0.3) is 0 Å². The number of nitrogens with one attached hydrogen (secondary N) is 1. The molecule has 0 unspecified atom stereocenters. The Balaban J connectivity index is 1.61. The normalized spacial score (nSPS) is 21.6. The Labute approximate surface area is 148 Å². The van der Waals surface area contributed by atoms with Gasteiger partial charge in [0.25, 0.3) is 15.9 Å². The molecule has 0 bridgehead atoms. The van der Waals surface area contributed by atoms with Crippen molar-refractivity contribution < 1.29 is 22.7 Å². The minimum atomic E-state index is -3.89. The lowest BCUT2D eigenvalue weighted by atomic mass is 9.92. The highest BCUT2D eigenvalue weighted by atomic mass is 32.2. The van der Waals surface area contributed by atoms with Crippen LogP contribution >= 0.6 is 0 Å². The van der Waals surface area contributed by atoms with Crippen LogP contribution in [0.5, 0.6) is 0 Å². The van der Waals surface area contributed by atoms with Crippen LogP contribution in [0.1, 0.15) is 43.7 Å². The fourth-order valence-electron chi connectivity index (χ4n) is 3.25. The molecule has 1 amide bonds. The highest BCUT2D eigenvalue weighted by Gasteiger charge is 2.25. The molecule has 0 spiro atoms. The van der Waals surface area contributed by atoms with E-state index >= 15 is 0 Å². The Kier molecular flexibility index (Phi) is 5.76. The Morgan fingerprint density at radius 2 is 2.04 bits per heavy atom. The molecule has 1 fully saturated rings. The molecule has 1 heterocycles. The van der Waals surface area contributed by atoms with Crippen molar-refractivity contribution in [3.8, 4) is 0 Å². The number of benzene rings is 1. The number of rotatable bonds is 6. The average molecular weight is 367 g/mol. The quantitative estimate of drug-likeness (QED) is 0.831. The molecule has 0 saturated carbocycles. The summed E-state index contributed by atoms with van der Waals surface area (Å²) in [5.41, 5.74) is 2.26. The number of carbonyl (C=O) groups excluding carboxylic acids is 1. The highest BCUT2D eigenvalue weighted by molar-refractivity contribution is 7.90. The molecule has 1 aromatic carbocycles. The van der Waals surface area contributed by atoms with Crippen LogP contribution in [0.4, 0.5) is 0 Å². The summed E-state index contributed by atoms with van der Waals surface area (Å²) in [5, 5.41) is 0. The van der Waals surface area contributed by atoms with Crippen molar-refractivity contribution in [1.82, 2.24) is 4.72 Å². The van der Waals surface area contributed by atoms with Gasteiger partial charge >= 0.3 is 0 Å². The fraction of sp³-hybridized carbons (Fsp3) is 0.611. The number of sulfonamides is 1. The first-order valence-corrected chi connectivity index (χ1v) is 10.4. The van der Waals surface area contributed by atoms with Gasteiger partial charge in [0, 0.05) is 6.61 Å². The van der Waals surface area contributed by atoms with Gasteiger partial charge in [-0.1, -0.05) is 6.07 Å². The Hall–Kier alpha value is -1.44. The van der Waals surface area contributed by atoms with Crippen molar-refractivity contribution in [2.75, 3.05) is 13.2 Å². The van der Waals surface area contributed by atoms with E-state index in [2.05, 4.69) is 4.72 Å². The maximum Gasteiger partial charge on any atom is 0.264 e. The Morgan fingerprint density at radius 3 is 2.76 bits per heavy atom. The van der Waals surface area contributed by atoms with Gasteiger partial charge in [0.05, 0.1) is 17.6 Å². The topological polar surface area (TPSA) is 81.7 Å². The van der Waals surface area contributed by atoms with Crippen LogP contribution < -0.4 is 4.72 Å². The molecule has 1 N–H and O–H groups in total. The van der Waals surface area contributed by atoms with E-state index in [0.717, 1.165) is 44.1 Å². The number of aryl methyl sites for hydroxylation is 2. The van der Waals surface area contributed by atoms with Gasteiger partial charge in [-0.15, -0.1) is 0 Å². The van der Waals surface area contributed by atoms with Crippen LogP contribution in [0.3, 0.4) is 0 Å². The van der Waals surface area contributed by atoms with E-state index in [1.807, 2.05) is 6.07 Å². The monoisotopic (exact) mass is 367 g/mol. The van der Waals surface area contributed by atoms with Gasteiger partial charge in [0.15, 0.2) is 0 Å². The molecule has 2 aliphatic rings. The van der Waals surface area contributed by atoms with Crippen LogP contribution in [0, 0.1) is 0 Å². The van der Waals surface area contributed by atoms with E-state index < -0.39 is 22.0 Å². The van der Waals surface area contributed by atoms with Crippen molar-refractivity contribution in [2.45, 2.75) is 62.6 Å². The molecule has 6 nitrogen and oxygen atoms in total. The second-order valence-electron chi connectivity index (χ2n) is 6.72. The van der Waals surface area contributed by atoms with Crippen molar-refractivity contribution in [1.29, 1.82) is 0 Å². The molecular weight excluding hydrogens is 342 g/mol. The van der Waals surface area contributed by atoms with Crippen LogP contribution in [0.2, 0.25) is 0 Å². The highest BCUT2D eigenvalue weighted by Crippen LogP contribution is 2.24. The van der Waals surface area contributed by atoms with Gasteiger partial charge in [-0.3, -0.25) is 4.79 Å². The Morgan fingerprint density at radius 1 is 1.28 bits per heavy atom. The maximum absolute atomic E-state index is 12.5. The molecule has 2 atom stereocenters. The summed E-state index contributed by atoms with van der Waals surface area (Å²) in [4.78, 5) is 12.3. The summed E-state index contributed by atoms with van der Waals surface area (Å²) in [7, 11) is -3.89. The summed E-state index contributed by atoms with van der Waals surface area (Å²) in [6, 6.07) is 5.10. The zero-order valence-corrected chi connectivity index (χ0v) is 15.3. The smallest absolute Gasteiger partial charge is 0.264 e. The summed E-state index contributed by atoms with van der Waals surface area (Å²) in [6.07, 6.45) is 5.10. The number of hydrogen-bond acceptors (Lipinski definition) is 5. The van der Waals surface area contributed by atoms with E-state index in [4.69, 9.17) is 9.47 Å². The van der Waals surface area contributed by atoms with Gasteiger partial charge in [-0.25, -0.2) is 13.1 Å². The van der Waals surface area contributed by atoms with Crippen LogP contribution in [-0.2, 0) is 37.1 Å². The SMILES string of the molecule is C[C@H](OC[C@H]1CCCO1)C(=O)NS(=O)(=O)c1ccc2c(c1)CCCC2. The standard InChI is InChI=1S/C18H25NO5S/c1-13(24-12-16-7-4-10-23-16)18(20)19-25(21,22)17-9-8-14-5-2-3-6-15(14)11-17/h8-9,11,13,16H,2-7,10,12H2,1H3,(H,19,20)/t13-,16+/m0/s1.